The van der Waals surface area contributed by atoms with Crippen LogP contribution in [0, 0.1) is 5.92 Å². The third-order valence-electron chi connectivity index (χ3n) is 7.63. The van der Waals surface area contributed by atoms with E-state index in [1.807, 2.05) is 0 Å². The number of nitrogens with one attached hydrogen (secondary N) is 2. The molecule has 3 heterocycles. The van der Waals surface area contributed by atoms with Crippen molar-refractivity contribution in [2.45, 2.75) is 27.3 Å². The minimum absolute atomic E-state index is 0.129. The van der Waals surface area contributed by atoms with E-state index in [-0.39, 0.29) is 22.1 Å². The lowest BCUT2D eigenvalue weighted by Gasteiger charge is -2.30. The Balaban J connectivity index is 1.27. The summed E-state index contributed by atoms with van der Waals surface area (Å²) in [7, 11) is -2.56. The van der Waals surface area contributed by atoms with Gasteiger partial charge in [-0.2, -0.15) is 13.2 Å². The van der Waals surface area contributed by atoms with Gasteiger partial charge in [-0.15, -0.1) is 0 Å². The van der Waals surface area contributed by atoms with E-state index in [1.165, 1.54) is 49.6 Å². The van der Waals surface area contributed by atoms with Crippen LogP contribution in [0.2, 0.25) is 0 Å². The van der Waals surface area contributed by atoms with E-state index >= 15 is 0 Å². The molecule has 0 spiro atoms. The number of alkyl halides is 3. The monoisotopic (exact) mass is 720 g/mol. The summed E-state index contributed by atoms with van der Waals surface area (Å²) in [6, 6.07) is 13.7. The number of sulfonamides is 1. The molecule has 6 rings (SSSR count). The summed E-state index contributed by atoms with van der Waals surface area (Å²) < 4.78 is 74.4. The number of nitrogens with zero attached hydrogens (tertiary/aromatic N) is 1. The van der Waals surface area contributed by atoms with Gasteiger partial charge in [0.2, 0.25) is 21.8 Å². The molecule has 4 aromatic rings. The fraction of sp³-hybridized carbons (Fsp3) is 0.200. The summed E-state index contributed by atoms with van der Waals surface area (Å²) in [5, 5.41) is 6.97. The lowest BCUT2D eigenvalue weighted by Crippen LogP contribution is -2.32. The van der Waals surface area contributed by atoms with E-state index in [0.29, 0.717) is 21.2 Å². The number of halogens is 3. The Morgan fingerprint density at radius 1 is 1.02 bits per heavy atom. The van der Waals surface area contributed by atoms with Crippen LogP contribution in [0.15, 0.2) is 81.4 Å². The number of rotatable bonds is 8. The molecule has 0 radical (unpaired) electrons. The van der Waals surface area contributed by atoms with Gasteiger partial charge in [-0.3, -0.25) is 19.2 Å². The number of carbonyl (C=O) groups is 3. The highest BCUT2D eigenvalue weighted by Crippen LogP contribution is 2.54. The van der Waals surface area contributed by atoms with Crippen LogP contribution >= 0.6 is 23.1 Å². The van der Waals surface area contributed by atoms with E-state index in [1.54, 1.807) is 6.07 Å². The molecule has 48 heavy (non-hydrogen) atoms. The second kappa shape index (κ2) is 12.4. The molecule has 0 saturated carbocycles. The second-order valence-electron chi connectivity index (χ2n) is 10.6. The van der Waals surface area contributed by atoms with Gasteiger partial charge in [-0.25, -0.2) is 18.5 Å². The number of aromatic amines is 1. The summed E-state index contributed by atoms with van der Waals surface area (Å²) in [4.78, 5) is 55.9. The maximum atomic E-state index is 13.9. The maximum Gasteiger partial charge on any atom is 0.416 e. The fourth-order valence-electron chi connectivity index (χ4n) is 5.52. The van der Waals surface area contributed by atoms with Crippen LogP contribution in [0.1, 0.15) is 21.9 Å². The van der Waals surface area contributed by atoms with Crippen molar-refractivity contribution in [3.05, 3.63) is 92.4 Å². The number of imide groups is 1. The number of ether oxygens (including phenoxy) is 2. The molecule has 1 fully saturated rings. The van der Waals surface area contributed by atoms with Crippen LogP contribution in [0.25, 0.3) is 0 Å². The van der Waals surface area contributed by atoms with Crippen LogP contribution in [0.5, 0.6) is 11.5 Å². The van der Waals surface area contributed by atoms with Gasteiger partial charge in [0.05, 0.1) is 34.2 Å². The lowest BCUT2D eigenvalue weighted by molar-refractivity contribution is -0.137. The third kappa shape index (κ3) is 6.30. The number of H-pyrrole nitrogens is 1. The third-order valence-corrected chi connectivity index (χ3v) is 11.0. The SMILES string of the molecule is COc1cc([C@H]2c3sc(=O)[nH]c3SC3C(=O)N(c4cccc(C(F)(F)F)c4)C(=O)C32)ccc1OCC(=O)Nc1ccc(S(N)(=O)=O)cc1. The molecule has 2 unspecified atom stereocenters. The van der Waals surface area contributed by atoms with Gasteiger partial charge in [-0.1, -0.05) is 35.2 Å². The van der Waals surface area contributed by atoms with E-state index < -0.39 is 68.1 Å². The molecule has 18 heteroatoms. The molecule has 3 amide bonds. The average Bonchev–Trinajstić information content (AvgIpc) is 3.53. The Hall–Kier alpha value is -4.65. The molecule has 1 aromatic heterocycles. The largest absolute Gasteiger partial charge is 0.493 e. The van der Waals surface area contributed by atoms with E-state index in [9.17, 15) is 40.8 Å². The van der Waals surface area contributed by atoms with Crippen LogP contribution in [-0.2, 0) is 30.6 Å². The zero-order valence-corrected chi connectivity index (χ0v) is 26.9. The van der Waals surface area contributed by atoms with Crippen molar-refractivity contribution in [2.24, 2.45) is 11.1 Å². The van der Waals surface area contributed by atoms with Crippen molar-refractivity contribution < 1.29 is 45.4 Å². The number of carbonyl (C=O) groups excluding carboxylic acids is 3. The van der Waals surface area contributed by atoms with Crippen LogP contribution < -0.4 is 29.7 Å². The Labute approximate surface area is 278 Å². The van der Waals surface area contributed by atoms with Crippen molar-refractivity contribution in [1.82, 2.24) is 4.98 Å². The molecule has 3 atom stereocenters. The number of hydrogen-bond donors (Lipinski definition) is 3. The van der Waals surface area contributed by atoms with Gasteiger partial charge >= 0.3 is 11.0 Å². The number of methoxy groups -OCH3 is 1. The van der Waals surface area contributed by atoms with E-state index in [0.717, 1.165) is 46.2 Å². The van der Waals surface area contributed by atoms with E-state index in [2.05, 4.69) is 10.3 Å². The van der Waals surface area contributed by atoms with Gasteiger partial charge in [0, 0.05) is 16.5 Å². The van der Waals surface area contributed by atoms with Crippen LogP contribution in [-0.4, -0.2) is 50.1 Å². The average molecular weight is 721 g/mol. The lowest BCUT2D eigenvalue weighted by atomic mass is 9.83. The predicted molar refractivity (Wildman–Crippen MR) is 169 cm³/mol. The van der Waals surface area contributed by atoms with Gasteiger partial charge in [0.25, 0.3) is 5.91 Å². The quantitative estimate of drug-likeness (QED) is 0.228. The Bertz CT molecular complexity index is 2120. The minimum Gasteiger partial charge on any atom is -0.493 e. The predicted octanol–water partition coefficient (Wildman–Crippen LogP) is 3.92. The van der Waals surface area contributed by atoms with E-state index in [4.69, 9.17) is 14.6 Å². The molecular formula is C30H23F3N4O8S3. The number of nitrogens with two attached hydrogens (primary N) is 1. The molecule has 0 bridgehead atoms. The number of anilines is 2. The number of benzene rings is 3. The molecule has 250 valence electrons. The minimum atomic E-state index is -4.70. The standard InChI is InChI=1S/C30H23F3N4O8S3/c1-44-20-11-14(5-10-19(20)45-13-21(38)35-16-6-8-18(9-7-16)48(34,42)43)22-23-25(46-26-24(22)47-29(41)36-26)28(40)37(27(23)39)17-4-2-3-15(12-17)30(31,32)33/h2-12,22-23,25H,13H2,1H3,(H,35,38)(H,36,41)(H2,34,42,43)/t22-,23?,25?/m1/s1. The number of hydrogen-bond acceptors (Lipinski definition) is 10. The molecule has 2 aliphatic rings. The van der Waals surface area contributed by atoms with Crippen molar-refractivity contribution in [2.75, 3.05) is 23.9 Å². The zero-order chi connectivity index (χ0) is 34.5. The summed E-state index contributed by atoms with van der Waals surface area (Å²) in [5.74, 6) is -3.64. The number of thiazole rings is 1. The number of amides is 3. The van der Waals surface area contributed by atoms with Gasteiger partial charge < -0.3 is 19.8 Å². The molecule has 2 aliphatic heterocycles. The van der Waals surface area contributed by atoms with Crippen LogP contribution in [0.3, 0.4) is 0 Å². The van der Waals surface area contributed by atoms with Crippen LogP contribution in [0.4, 0.5) is 24.5 Å². The van der Waals surface area contributed by atoms with Crippen molar-refractivity contribution in [3.8, 4) is 11.5 Å². The molecular weight excluding hydrogens is 698 g/mol. The van der Waals surface area contributed by atoms with Gasteiger partial charge in [-0.05, 0) is 60.2 Å². The number of primary sulfonamides is 1. The first-order valence-electron chi connectivity index (χ1n) is 13.8. The molecule has 4 N–H and O–H groups in total. The summed E-state index contributed by atoms with van der Waals surface area (Å²) in [6.45, 7) is -0.472. The second-order valence-corrected chi connectivity index (χ2v) is 14.4. The first-order valence-corrected chi connectivity index (χ1v) is 17.1. The number of thioether (sulfide) groups is 1. The maximum absolute atomic E-state index is 13.9. The molecule has 1 saturated heterocycles. The Morgan fingerprint density at radius 2 is 1.75 bits per heavy atom. The Morgan fingerprint density at radius 3 is 2.42 bits per heavy atom. The molecule has 3 aromatic carbocycles. The normalized spacial score (nSPS) is 19.1. The molecule has 12 nitrogen and oxygen atoms in total. The van der Waals surface area contributed by atoms with Crippen molar-refractivity contribution in [1.29, 1.82) is 0 Å². The highest BCUT2D eigenvalue weighted by atomic mass is 32.2. The first-order chi connectivity index (χ1) is 22.7. The number of aromatic nitrogens is 1. The zero-order valence-electron chi connectivity index (χ0n) is 24.4. The summed E-state index contributed by atoms with van der Waals surface area (Å²) in [6.07, 6.45) is -4.70. The fourth-order valence-corrected chi connectivity index (χ4v) is 8.55. The van der Waals surface area contributed by atoms with Gasteiger partial charge in [0.1, 0.15) is 5.25 Å². The Kier molecular flexibility index (Phi) is 8.61. The smallest absolute Gasteiger partial charge is 0.416 e. The first kappa shape index (κ1) is 33.3. The summed E-state index contributed by atoms with van der Waals surface area (Å²) >= 11 is 1.83. The summed E-state index contributed by atoms with van der Waals surface area (Å²) in [5.41, 5.74) is -0.487. The number of fused-ring (bicyclic) bond motifs is 2. The van der Waals surface area contributed by atoms with Crippen molar-refractivity contribution >= 4 is 62.2 Å². The molecule has 0 aliphatic carbocycles. The highest BCUT2D eigenvalue weighted by Gasteiger charge is 2.56. The topological polar surface area (TPSA) is 178 Å². The highest BCUT2D eigenvalue weighted by molar-refractivity contribution is 8.00. The van der Waals surface area contributed by atoms with Crippen molar-refractivity contribution in [3.63, 3.8) is 0 Å². The van der Waals surface area contributed by atoms with Gasteiger partial charge in [0.15, 0.2) is 18.1 Å².